The zero-order valence-corrected chi connectivity index (χ0v) is 10.9. The van der Waals surface area contributed by atoms with Crippen molar-refractivity contribution in [3.8, 4) is 17.6 Å². The van der Waals surface area contributed by atoms with Crippen LogP contribution in [0, 0.1) is 18.8 Å². The molecule has 0 bridgehead atoms. The third-order valence-electron chi connectivity index (χ3n) is 2.54. The highest BCUT2D eigenvalue weighted by molar-refractivity contribution is 5.37. The van der Waals surface area contributed by atoms with Gasteiger partial charge in [-0.25, -0.2) is 0 Å². The highest BCUT2D eigenvalue weighted by Gasteiger charge is 1.98. The van der Waals surface area contributed by atoms with Crippen LogP contribution >= 0.6 is 0 Å². The number of ether oxygens (including phenoxy) is 1. The fraction of sp³-hybridized carbons (Fsp3) is 0.188. The number of aromatic nitrogens is 1. The molecule has 0 amide bonds. The first kappa shape index (κ1) is 13.1. The predicted octanol–water partition coefficient (Wildman–Crippen LogP) is 2.28. The van der Waals surface area contributed by atoms with Gasteiger partial charge in [-0.1, -0.05) is 41.7 Å². The molecule has 0 spiro atoms. The SMILES string of the molecule is Cc1cccc(COc2cncc(C#CCN)c2)c1. The Morgan fingerprint density at radius 2 is 2.16 bits per heavy atom. The third kappa shape index (κ3) is 4.13. The molecule has 0 aliphatic carbocycles. The quantitative estimate of drug-likeness (QED) is 0.852. The van der Waals surface area contributed by atoms with Crippen molar-refractivity contribution in [2.24, 2.45) is 5.73 Å². The van der Waals surface area contributed by atoms with E-state index in [-0.39, 0.29) is 0 Å². The molecule has 2 rings (SSSR count). The van der Waals surface area contributed by atoms with Crippen LogP contribution < -0.4 is 10.5 Å². The molecule has 2 N–H and O–H groups in total. The van der Waals surface area contributed by atoms with E-state index in [2.05, 4.69) is 35.9 Å². The number of rotatable bonds is 3. The van der Waals surface area contributed by atoms with Crippen LogP contribution in [0.25, 0.3) is 0 Å². The first-order valence-electron chi connectivity index (χ1n) is 6.10. The summed E-state index contributed by atoms with van der Waals surface area (Å²) in [6.45, 7) is 2.93. The molecule has 2 aromatic rings. The number of hydrogen-bond donors (Lipinski definition) is 1. The van der Waals surface area contributed by atoms with Gasteiger partial charge >= 0.3 is 0 Å². The van der Waals surface area contributed by atoms with Gasteiger partial charge in [-0.15, -0.1) is 0 Å². The van der Waals surface area contributed by atoms with Crippen molar-refractivity contribution in [1.82, 2.24) is 4.98 Å². The predicted molar refractivity (Wildman–Crippen MR) is 75.7 cm³/mol. The number of pyridine rings is 1. The minimum Gasteiger partial charge on any atom is -0.487 e. The Bertz CT molecular complexity index is 611. The zero-order chi connectivity index (χ0) is 13.5. The summed E-state index contributed by atoms with van der Waals surface area (Å²) < 4.78 is 5.71. The van der Waals surface area contributed by atoms with Gasteiger partial charge in [-0.05, 0) is 18.6 Å². The lowest BCUT2D eigenvalue weighted by atomic mass is 10.1. The smallest absolute Gasteiger partial charge is 0.139 e. The standard InChI is InChI=1S/C16H16N2O/c1-13-4-2-5-15(8-13)12-19-16-9-14(6-3-7-17)10-18-11-16/h2,4-5,8-11H,7,12,17H2,1H3. The average molecular weight is 252 g/mol. The van der Waals surface area contributed by atoms with E-state index in [0.717, 1.165) is 11.1 Å². The van der Waals surface area contributed by atoms with E-state index in [4.69, 9.17) is 10.5 Å². The second-order valence-electron chi connectivity index (χ2n) is 4.19. The van der Waals surface area contributed by atoms with Crippen LogP contribution in [0.5, 0.6) is 5.75 Å². The molecule has 19 heavy (non-hydrogen) atoms. The van der Waals surface area contributed by atoms with Crippen molar-refractivity contribution in [2.45, 2.75) is 13.5 Å². The van der Waals surface area contributed by atoms with Crippen LogP contribution in [0.1, 0.15) is 16.7 Å². The van der Waals surface area contributed by atoms with E-state index in [0.29, 0.717) is 18.9 Å². The number of nitrogens with zero attached hydrogens (tertiary/aromatic N) is 1. The van der Waals surface area contributed by atoms with Crippen LogP contribution in [0.4, 0.5) is 0 Å². The van der Waals surface area contributed by atoms with Gasteiger partial charge in [-0.2, -0.15) is 0 Å². The van der Waals surface area contributed by atoms with Gasteiger partial charge in [0.2, 0.25) is 0 Å². The zero-order valence-electron chi connectivity index (χ0n) is 10.9. The summed E-state index contributed by atoms with van der Waals surface area (Å²) in [6, 6.07) is 10.1. The summed E-state index contributed by atoms with van der Waals surface area (Å²) in [7, 11) is 0. The van der Waals surface area contributed by atoms with E-state index in [1.807, 2.05) is 18.2 Å². The Labute approximate surface area is 113 Å². The molecule has 0 atom stereocenters. The van der Waals surface area contributed by atoms with Crippen molar-refractivity contribution in [2.75, 3.05) is 6.54 Å². The summed E-state index contributed by atoms with van der Waals surface area (Å²) >= 11 is 0. The lowest BCUT2D eigenvalue weighted by molar-refractivity contribution is 0.305. The van der Waals surface area contributed by atoms with E-state index in [9.17, 15) is 0 Å². The largest absolute Gasteiger partial charge is 0.487 e. The summed E-state index contributed by atoms with van der Waals surface area (Å²) in [5, 5.41) is 0. The molecular weight excluding hydrogens is 236 g/mol. The molecule has 0 radical (unpaired) electrons. The van der Waals surface area contributed by atoms with E-state index in [1.54, 1.807) is 12.4 Å². The normalized spacial score (nSPS) is 9.58. The van der Waals surface area contributed by atoms with Crippen molar-refractivity contribution < 1.29 is 4.74 Å². The molecule has 96 valence electrons. The number of aryl methyl sites for hydroxylation is 1. The molecule has 0 aliphatic heterocycles. The number of benzene rings is 1. The van der Waals surface area contributed by atoms with Crippen molar-refractivity contribution in [3.05, 3.63) is 59.4 Å². The van der Waals surface area contributed by atoms with E-state index < -0.39 is 0 Å². The number of hydrogen-bond acceptors (Lipinski definition) is 3. The van der Waals surface area contributed by atoms with Crippen LogP contribution in [0.3, 0.4) is 0 Å². The summed E-state index contributed by atoms with van der Waals surface area (Å²) in [4.78, 5) is 4.10. The van der Waals surface area contributed by atoms with Gasteiger partial charge in [0.1, 0.15) is 12.4 Å². The number of nitrogens with two attached hydrogens (primary N) is 1. The molecule has 0 saturated heterocycles. The van der Waals surface area contributed by atoms with Gasteiger partial charge in [0, 0.05) is 11.8 Å². The van der Waals surface area contributed by atoms with Crippen LogP contribution in [0.2, 0.25) is 0 Å². The summed E-state index contributed by atoms with van der Waals surface area (Å²) in [5.41, 5.74) is 8.51. The van der Waals surface area contributed by atoms with Gasteiger partial charge in [-0.3, -0.25) is 4.98 Å². The minimum atomic E-state index is 0.342. The van der Waals surface area contributed by atoms with Gasteiger partial charge in [0.25, 0.3) is 0 Å². The molecule has 0 unspecified atom stereocenters. The minimum absolute atomic E-state index is 0.342. The first-order valence-corrected chi connectivity index (χ1v) is 6.10. The van der Waals surface area contributed by atoms with Gasteiger partial charge in [0.15, 0.2) is 0 Å². The van der Waals surface area contributed by atoms with Crippen molar-refractivity contribution in [3.63, 3.8) is 0 Å². The average Bonchev–Trinajstić information content (AvgIpc) is 2.43. The van der Waals surface area contributed by atoms with Crippen LogP contribution in [-0.4, -0.2) is 11.5 Å². The molecule has 3 nitrogen and oxygen atoms in total. The fourth-order valence-electron chi connectivity index (χ4n) is 1.69. The topological polar surface area (TPSA) is 48.1 Å². The maximum absolute atomic E-state index is 5.71. The van der Waals surface area contributed by atoms with Crippen molar-refractivity contribution >= 4 is 0 Å². The second-order valence-corrected chi connectivity index (χ2v) is 4.19. The first-order chi connectivity index (χ1) is 9.28. The molecule has 1 aromatic carbocycles. The molecule has 0 saturated carbocycles. The Hall–Kier alpha value is -2.31. The Morgan fingerprint density at radius 1 is 1.26 bits per heavy atom. The lowest BCUT2D eigenvalue weighted by Gasteiger charge is -2.06. The van der Waals surface area contributed by atoms with E-state index >= 15 is 0 Å². The maximum atomic E-state index is 5.71. The highest BCUT2D eigenvalue weighted by atomic mass is 16.5. The Morgan fingerprint density at radius 3 is 2.95 bits per heavy atom. The Balaban J connectivity index is 2.03. The van der Waals surface area contributed by atoms with Crippen molar-refractivity contribution in [1.29, 1.82) is 0 Å². The van der Waals surface area contributed by atoms with Crippen LogP contribution in [0.15, 0.2) is 42.7 Å². The lowest BCUT2D eigenvalue weighted by Crippen LogP contribution is -1.97. The third-order valence-corrected chi connectivity index (χ3v) is 2.54. The molecule has 0 aliphatic rings. The summed E-state index contributed by atoms with van der Waals surface area (Å²) in [5.74, 6) is 6.44. The second kappa shape index (κ2) is 6.58. The monoisotopic (exact) mass is 252 g/mol. The van der Waals surface area contributed by atoms with E-state index in [1.165, 1.54) is 5.56 Å². The molecule has 0 fully saturated rings. The fourth-order valence-corrected chi connectivity index (χ4v) is 1.69. The van der Waals surface area contributed by atoms with Gasteiger partial charge in [0.05, 0.1) is 12.7 Å². The van der Waals surface area contributed by atoms with Crippen LogP contribution in [-0.2, 0) is 6.61 Å². The molecular formula is C16H16N2O. The Kier molecular flexibility index (Phi) is 4.54. The molecule has 3 heteroatoms. The maximum Gasteiger partial charge on any atom is 0.139 e. The highest BCUT2D eigenvalue weighted by Crippen LogP contribution is 2.13. The molecule has 1 aromatic heterocycles. The summed E-state index contributed by atoms with van der Waals surface area (Å²) in [6.07, 6.45) is 3.38. The molecule has 1 heterocycles. The van der Waals surface area contributed by atoms with Gasteiger partial charge < -0.3 is 10.5 Å².